The molecular formula is C22H26N6O. The van der Waals surface area contributed by atoms with E-state index < -0.39 is 0 Å². The monoisotopic (exact) mass is 390 g/mol. The highest BCUT2D eigenvalue weighted by molar-refractivity contribution is 5.95. The van der Waals surface area contributed by atoms with Crippen LogP contribution in [0.15, 0.2) is 60.9 Å². The van der Waals surface area contributed by atoms with E-state index in [0.717, 1.165) is 38.3 Å². The third kappa shape index (κ3) is 5.00. The first-order chi connectivity index (χ1) is 14.2. The Balaban J connectivity index is 1.30. The molecule has 150 valence electrons. The van der Waals surface area contributed by atoms with E-state index >= 15 is 0 Å². The Morgan fingerprint density at radius 2 is 1.90 bits per heavy atom. The Kier molecular flexibility index (Phi) is 5.86. The van der Waals surface area contributed by atoms with Gasteiger partial charge in [-0.2, -0.15) is 5.10 Å². The standard InChI is InChI=1S/C22H26N6O/c1-27-21(8-12-24-27)26-20-15-18(7-11-23-20)22(29)25-19-9-13-28(14-10-19)16-17-5-3-2-4-6-17/h2-8,11-12,15,19H,9-10,13-14,16H2,1H3,(H,23,26)(H,25,29). The molecule has 2 N–H and O–H groups in total. The molecule has 1 aromatic carbocycles. The number of nitrogens with one attached hydrogen (secondary N) is 2. The predicted octanol–water partition coefficient (Wildman–Crippen LogP) is 2.95. The summed E-state index contributed by atoms with van der Waals surface area (Å²) in [5.41, 5.74) is 1.94. The summed E-state index contributed by atoms with van der Waals surface area (Å²) in [4.78, 5) is 19.4. The lowest BCUT2D eigenvalue weighted by Crippen LogP contribution is -2.44. The summed E-state index contributed by atoms with van der Waals surface area (Å²) in [5.74, 6) is 1.39. The molecule has 7 nitrogen and oxygen atoms in total. The quantitative estimate of drug-likeness (QED) is 0.677. The molecule has 1 amide bonds. The van der Waals surface area contributed by atoms with Gasteiger partial charge in [0.15, 0.2) is 0 Å². The molecule has 0 atom stereocenters. The Morgan fingerprint density at radius 3 is 2.62 bits per heavy atom. The maximum absolute atomic E-state index is 12.7. The van der Waals surface area contributed by atoms with Crippen LogP contribution in [-0.2, 0) is 13.6 Å². The van der Waals surface area contributed by atoms with Gasteiger partial charge in [-0.15, -0.1) is 0 Å². The highest BCUT2D eigenvalue weighted by Gasteiger charge is 2.21. The summed E-state index contributed by atoms with van der Waals surface area (Å²) in [7, 11) is 1.85. The molecule has 4 rings (SSSR count). The van der Waals surface area contributed by atoms with Gasteiger partial charge in [0.1, 0.15) is 11.6 Å². The van der Waals surface area contributed by atoms with Crippen LogP contribution in [0.1, 0.15) is 28.8 Å². The lowest BCUT2D eigenvalue weighted by atomic mass is 10.0. The van der Waals surface area contributed by atoms with E-state index in [-0.39, 0.29) is 11.9 Å². The minimum atomic E-state index is -0.0537. The Morgan fingerprint density at radius 1 is 1.10 bits per heavy atom. The Labute approximate surface area is 170 Å². The van der Waals surface area contributed by atoms with Crippen LogP contribution in [0, 0.1) is 0 Å². The summed E-state index contributed by atoms with van der Waals surface area (Å²) in [6.07, 6.45) is 5.28. The van der Waals surface area contributed by atoms with E-state index in [1.165, 1.54) is 5.56 Å². The molecule has 0 saturated carbocycles. The largest absolute Gasteiger partial charge is 0.349 e. The van der Waals surface area contributed by atoms with Crippen LogP contribution in [-0.4, -0.2) is 44.7 Å². The Hall–Kier alpha value is -3.19. The number of amides is 1. The summed E-state index contributed by atoms with van der Waals surface area (Å²) in [6, 6.07) is 16.1. The second-order valence-electron chi connectivity index (χ2n) is 7.40. The first-order valence-corrected chi connectivity index (χ1v) is 9.95. The summed E-state index contributed by atoms with van der Waals surface area (Å²) < 4.78 is 1.72. The number of benzene rings is 1. The fraction of sp³-hybridized carbons (Fsp3) is 0.318. The van der Waals surface area contributed by atoms with Crippen molar-refractivity contribution in [2.24, 2.45) is 7.05 Å². The van der Waals surface area contributed by atoms with Crippen LogP contribution >= 0.6 is 0 Å². The average molecular weight is 390 g/mol. The third-order valence-electron chi connectivity index (χ3n) is 5.27. The first-order valence-electron chi connectivity index (χ1n) is 9.95. The number of pyridine rings is 1. The van der Waals surface area contributed by atoms with Crippen molar-refractivity contribution < 1.29 is 4.79 Å². The zero-order valence-corrected chi connectivity index (χ0v) is 16.6. The molecule has 0 spiro atoms. The molecule has 3 heterocycles. The molecule has 0 bridgehead atoms. The van der Waals surface area contributed by atoms with Crippen LogP contribution in [0.2, 0.25) is 0 Å². The van der Waals surface area contributed by atoms with Crippen LogP contribution < -0.4 is 10.6 Å². The predicted molar refractivity (Wildman–Crippen MR) is 113 cm³/mol. The molecule has 1 aliphatic rings. The number of aryl methyl sites for hydroxylation is 1. The smallest absolute Gasteiger partial charge is 0.251 e. The fourth-order valence-electron chi connectivity index (χ4n) is 3.61. The van der Waals surface area contributed by atoms with E-state index in [9.17, 15) is 4.79 Å². The molecule has 1 saturated heterocycles. The van der Waals surface area contributed by atoms with Gasteiger partial charge in [-0.05, 0) is 30.5 Å². The SMILES string of the molecule is Cn1nccc1Nc1cc(C(=O)NC2CCN(Cc3ccccc3)CC2)ccn1. The number of hydrogen-bond donors (Lipinski definition) is 2. The number of anilines is 2. The van der Waals surface area contributed by atoms with E-state index in [1.807, 2.05) is 19.2 Å². The van der Waals surface area contributed by atoms with Crippen LogP contribution in [0.5, 0.6) is 0 Å². The number of hydrogen-bond acceptors (Lipinski definition) is 5. The van der Waals surface area contributed by atoms with Crippen molar-refractivity contribution in [3.8, 4) is 0 Å². The van der Waals surface area contributed by atoms with Gasteiger partial charge in [0, 0.05) is 50.6 Å². The van der Waals surface area contributed by atoms with Gasteiger partial charge in [-0.3, -0.25) is 14.4 Å². The second-order valence-corrected chi connectivity index (χ2v) is 7.40. The normalized spacial score (nSPS) is 15.2. The zero-order valence-electron chi connectivity index (χ0n) is 16.6. The summed E-state index contributed by atoms with van der Waals surface area (Å²) >= 11 is 0. The van der Waals surface area contributed by atoms with Gasteiger partial charge in [-0.1, -0.05) is 30.3 Å². The highest BCUT2D eigenvalue weighted by Crippen LogP contribution is 2.16. The number of aromatic nitrogens is 3. The molecule has 0 unspecified atom stereocenters. The maximum Gasteiger partial charge on any atom is 0.251 e. The lowest BCUT2D eigenvalue weighted by molar-refractivity contribution is 0.0909. The number of piperidine rings is 1. The number of rotatable bonds is 6. The molecule has 1 fully saturated rings. The van der Waals surface area contributed by atoms with E-state index in [2.05, 4.69) is 49.9 Å². The van der Waals surface area contributed by atoms with Gasteiger partial charge < -0.3 is 10.6 Å². The van der Waals surface area contributed by atoms with Crippen molar-refractivity contribution in [2.75, 3.05) is 18.4 Å². The van der Waals surface area contributed by atoms with Gasteiger partial charge >= 0.3 is 0 Å². The van der Waals surface area contributed by atoms with Crippen molar-refractivity contribution in [1.29, 1.82) is 0 Å². The van der Waals surface area contributed by atoms with E-state index in [4.69, 9.17) is 0 Å². The minimum Gasteiger partial charge on any atom is -0.349 e. The molecule has 2 aromatic heterocycles. The van der Waals surface area contributed by atoms with Gasteiger partial charge in [0.25, 0.3) is 5.91 Å². The number of carbonyl (C=O) groups excluding carboxylic acids is 1. The number of nitrogens with zero attached hydrogens (tertiary/aromatic N) is 4. The lowest BCUT2D eigenvalue weighted by Gasteiger charge is -2.32. The molecule has 3 aromatic rings. The molecule has 1 aliphatic heterocycles. The van der Waals surface area contributed by atoms with E-state index in [0.29, 0.717) is 11.4 Å². The van der Waals surface area contributed by atoms with Crippen LogP contribution in [0.4, 0.5) is 11.6 Å². The molecule has 29 heavy (non-hydrogen) atoms. The first kappa shape index (κ1) is 19.1. The van der Waals surface area contributed by atoms with Crippen molar-refractivity contribution in [3.05, 3.63) is 72.1 Å². The second kappa shape index (κ2) is 8.87. The average Bonchev–Trinajstić information content (AvgIpc) is 3.15. The van der Waals surface area contributed by atoms with Crippen molar-refractivity contribution in [2.45, 2.75) is 25.4 Å². The third-order valence-corrected chi connectivity index (χ3v) is 5.27. The van der Waals surface area contributed by atoms with Crippen LogP contribution in [0.25, 0.3) is 0 Å². The van der Waals surface area contributed by atoms with Gasteiger partial charge in [-0.25, -0.2) is 4.98 Å². The summed E-state index contributed by atoms with van der Waals surface area (Å²) in [5, 5.41) is 10.5. The van der Waals surface area contributed by atoms with E-state index in [1.54, 1.807) is 29.2 Å². The molecule has 0 aliphatic carbocycles. The van der Waals surface area contributed by atoms with Crippen molar-refractivity contribution in [1.82, 2.24) is 25.0 Å². The maximum atomic E-state index is 12.7. The minimum absolute atomic E-state index is 0.0537. The number of carbonyl (C=O) groups is 1. The van der Waals surface area contributed by atoms with Crippen LogP contribution in [0.3, 0.4) is 0 Å². The van der Waals surface area contributed by atoms with Crippen molar-refractivity contribution >= 4 is 17.5 Å². The Bertz CT molecular complexity index is 947. The summed E-state index contributed by atoms with van der Waals surface area (Å²) in [6.45, 7) is 2.95. The van der Waals surface area contributed by atoms with Gasteiger partial charge in [0.2, 0.25) is 0 Å². The molecule has 0 radical (unpaired) electrons. The molecular weight excluding hydrogens is 364 g/mol. The van der Waals surface area contributed by atoms with Crippen molar-refractivity contribution in [3.63, 3.8) is 0 Å². The fourth-order valence-corrected chi connectivity index (χ4v) is 3.61. The highest BCUT2D eigenvalue weighted by atomic mass is 16.1. The molecule has 7 heteroatoms. The topological polar surface area (TPSA) is 75.1 Å². The van der Waals surface area contributed by atoms with Gasteiger partial charge in [0.05, 0.1) is 6.20 Å². The zero-order chi connectivity index (χ0) is 20.1. The number of likely N-dealkylation sites (tertiary alicyclic amines) is 1.